The second kappa shape index (κ2) is 17.2. The van der Waals surface area contributed by atoms with Gasteiger partial charge in [0, 0.05) is 19.5 Å². The average Bonchev–Trinajstić information content (AvgIpc) is 2.77. The third kappa shape index (κ3) is 12.0. The summed E-state index contributed by atoms with van der Waals surface area (Å²) in [5.41, 5.74) is 1.05. The second-order valence-corrected chi connectivity index (χ2v) is 10.6. The van der Waals surface area contributed by atoms with Crippen LogP contribution in [0.25, 0.3) is 0 Å². The summed E-state index contributed by atoms with van der Waals surface area (Å²) in [6.07, 6.45) is 17.8. The van der Waals surface area contributed by atoms with E-state index in [1.165, 1.54) is 70.6 Å². The molecule has 0 heterocycles. The minimum absolute atomic E-state index is 0.276. The van der Waals surface area contributed by atoms with E-state index in [2.05, 4.69) is 30.1 Å². The first kappa shape index (κ1) is 28.7. The first-order valence-corrected chi connectivity index (χ1v) is 14.5. The average molecular weight is 465 g/mol. The molecule has 4 nitrogen and oxygen atoms in total. The molecule has 1 rings (SSSR count). The van der Waals surface area contributed by atoms with Gasteiger partial charge in [-0.2, -0.15) is 8.42 Å². The standard InChI is InChI=1S/C27H48N2O2S/c1-5-8-9-10-11-12-13-14-15-16-17-18-19-20-27(29(6-2)7-3)28-32(30,31)26-23-21-25(4)22-24-26/h21-24H,5-20H2,1-4H3/b28-27+. The largest absolute Gasteiger partial charge is 0.360 e. The second-order valence-electron chi connectivity index (χ2n) is 8.96. The van der Waals surface area contributed by atoms with Crippen LogP contribution in [0.2, 0.25) is 0 Å². The van der Waals surface area contributed by atoms with E-state index in [9.17, 15) is 8.42 Å². The van der Waals surface area contributed by atoms with Gasteiger partial charge >= 0.3 is 0 Å². The van der Waals surface area contributed by atoms with Gasteiger partial charge in [-0.3, -0.25) is 0 Å². The molecule has 0 saturated heterocycles. The van der Waals surface area contributed by atoms with Crippen molar-refractivity contribution in [1.29, 1.82) is 0 Å². The number of nitrogens with zero attached hydrogens (tertiary/aromatic N) is 2. The maximum absolute atomic E-state index is 12.8. The van der Waals surface area contributed by atoms with Gasteiger partial charge < -0.3 is 4.90 Å². The van der Waals surface area contributed by atoms with Crippen molar-refractivity contribution in [1.82, 2.24) is 4.90 Å². The Morgan fingerprint density at radius 3 is 1.59 bits per heavy atom. The lowest BCUT2D eigenvalue weighted by Crippen LogP contribution is -2.31. The van der Waals surface area contributed by atoms with Crippen LogP contribution in [0.4, 0.5) is 0 Å². The summed E-state index contributed by atoms with van der Waals surface area (Å²) in [5, 5.41) is 0. The Morgan fingerprint density at radius 1 is 0.719 bits per heavy atom. The summed E-state index contributed by atoms with van der Waals surface area (Å²) in [5.74, 6) is 0.707. The van der Waals surface area contributed by atoms with Gasteiger partial charge in [-0.1, -0.05) is 102 Å². The van der Waals surface area contributed by atoms with E-state index in [4.69, 9.17) is 0 Å². The number of aryl methyl sites for hydroxylation is 1. The highest BCUT2D eigenvalue weighted by molar-refractivity contribution is 7.90. The number of hydrogen-bond acceptors (Lipinski definition) is 2. The Labute approximate surface area is 199 Å². The van der Waals surface area contributed by atoms with Crippen molar-refractivity contribution in [2.24, 2.45) is 4.40 Å². The molecule has 0 saturated carbocycles. The molecule has 0 bridgehead atoms. The quantitative estimate of drug-likeness (QED) is 0.126. The molecule has 0 fully saturated rings. The molecule has 0 aromatic heterocycles. The number of hydrogen-bond donors (Lipinski definition) is 0. The first-order chi connectivity index (χ1) is 15.4. The van der Waals surface area contributed by atoms with E-state index in [0.717, 1.165) is 37.9 Å². The van der Waals surface area contributed by atoms with E-state index < -0.39 is 10.0 Å². The number of sulfonamides is 1. The van der Waals surface area contributed by atoms with Gasteiger partial charge in [-0.25, -0.2) is 0 Å². The zero-order valence-corrected chi connectivity index (χ0v) is 22.1. The highest BCUT2D eigenvalue weighted by atomic mass is 32.2. The molecule has 1 aromatic rings. The molecular formula is C27H48N2O2S. The van der Waals surface area contributed by atoms with Crippen molar-refractivity contribution < 1.29 is 8.42 Å². The van der Waals surface area contributed by atoms with Crippen molar-refractivity contribution in [2.45, 2.75) is 122 Å². The van der Waals surface area contributed by atoms with Crippen molar-refractivity contribution >= 4 is 15.9 Å². The van der Waals surface area contributed by atoms with Crippen molar-refractivity contribution in [3.05, 3.63) is 29.8 Å². The summed E-state index contributed by atoms with van der Waals surface area (Å²) in [6, 6.07) is 6.95. The molecular weight excluding hydrogens is 416 g/mol. The Balaban J connectivity index is 2.38. The van der Waals surface area contributed by atoms with Crippen LogP contribution >= 0.6 is 0 Å². The van der Waals surface area contributed by atoms with Crippen LogP contribution in [0, 0.1) is 6.92 Å². The predicted molar refractivity (Wildman–Crippen MR) is 139 cm³/mol. The van der Waals surface area contributed by atoms with Crippen molar-refractivity contribution in [2.75, 3.05) is 13.1 Å². The van der Waals surface area contributed by atoms with Crippen LogP contribution in [0.5, 0.6) is 0 Å². The number of unbranched alkanes of at least 4 members (excludes halogenated alkanes) is 12. The molecule has 1 aromatic carbocycles. The molecule has 0 N–H and O–H groups in total. The predicted octanol–water partition coefficient (Wildman–Crippen LogP) is 7.91. The van der Waals surface area contributed by atoms with E-state index in [0.29, 0.717) is 5.84 Å². The molecule has 0 aliphatic heterocycles. The zero-order valence-electron chi connectivity index (χ0n) is 21.2. The minimum atomic E-state index is -3.66. The summed E-state index contributed by atoms with van der Waals surface area (Å²) < 4.78 is 29.9. The fraction of sp³-hybridized carbons (Fsp3) is 0.741. The van der Waals surface area contributed by atoms with E-state index in [1.807, 2.05) is 19.1 Å². The lowest BCUT2D eigenvalue weighted by atomic mass is 10.0. The number of amidine groups is 1. The van der Waals surface area contributed by atoms with Gasteiger partial charge in [0.1, 0.15) is 5.84 Å². The van der Waals surface area contributed by atoms with E-state index in [1.54, 1.807) is 12.1 Å². The van der Waals surface area contributed by atoms with Crippen LogP contribution in [0.3, 0.4) is 0 Å². The monoisotopic (exact) mass is 464 g/mol. The molecule has 0 amide bonds. The van der Waals surface area contributed by atoms with Crippen LogP contribution < -0.4 is 0 Å². The Morgan fingerprint density at radius 2 is 1.16 bits per heavy atom. The Hall–Kier alpha value is -1.36. The number of rotatable bonds is 18. The fourth-order valence-electron chi connectivity index (χ4n) is 4.05. The van der Waals surface area contributed by atoms with Crippen molar-refractivity contribution in [3.8, 4) is 0 Å². The number of benzene rings is 1. The van der Waals surface area contributed by atoms with Gasteiger partial charge in [0.25, 0.3) is 10.0 Å². The summed E-state index contributed by atoms with van der Waals surface area (Å²) in [4.78, 5) is 2.35. The smallest absolute Gasteiger partial charge is 0.283 e. The summed E-state index contributed by atoms with van der Waals surface area (Å²) in [7, 11) is -3.66. The Kier molecular flexibility index (Phi) is 15.4. The maximum Gasteiger partial charge on any atom is 0.283 e. The summed E-state index contributed by atoms with van der Waals surface area (Å²) in [6.45, 7) is 9.89. The normalized spacial score (nSPS) is 12.3. The summed E-state index contributed by atoms with van der Waals surface area (Å²) >= 11 is 0. The van der Waals surface area contributed by atoms with Gasteiger partial charge in [0.2, 0.25) is 0 Å². The van der Waals surface area contributed by atoms with Crippen LogP contribution in [-0.2, 0) is 10.0 Å². The molecule has 5 heteroatoms. The molecule has 0 spiro atoms. The molecule has 32 heavy (non-hydrogen) atoms. The SMILES string of the molecule is CCCCCCCCCCCCCCC/C(=N\S(=O)(=O)c1ccc(C)cc1)N(CC)CC. The van der Waals surface area contributed by atoms with Gasteiger partial charge in [-0.05, 0) is 39.3 Å². The topological polar surface area (TPSA) is 49.7 Å². The van der Waals surface area contributed by atoms with Gasteiger partial charge in [0.05, 0.1) is 4.90 Å². The van der Waals surface area contributed by atoms with E-state index in [-0.39, 0.29) is 4.90 Å². The van der Waals surface area contributed by atoms with Crippen LogP contribution in [0.15, 0.2) is 33.6 Å². The van der Waals surface area contributed by atoms with Crippen molar-refractivity contribution in [3.63, 3.8) is 0 Å². The molecule has 0 aliphatic rings. The fourth-order valence-corrected chi connectivity index (χ4v) is 5.12. The minimum Gasteiger partial charge on any atom is -0.360 e. The zero-order chi connectivity index (χ0) is 23.7. The third-order valence-corrected chi connectivity index (χ3v) is 7.50. The lowest BCUT2D eigenvalue weighted by molar-refractivity contribution is 0.451. The van der Waals surface area contributed by atoms with Gasteiger partial charge in [-0.15, -0.1) is 4.40 Å². The third-order valence-electron chi connectivity index (χ3n) is 6.18. The van der Waals surface area contributed by atoms with Crippen LogP contribution in [-0.4, -0.2) is 32.2 Å². The lowest BCUT2D eigenvalue weighted by Gasteiger charge is -2.23. The molecule has 184 valence electrons. The maximum atomic E-state index is 12.8. The molecule has 0 radical (unpaired) electrons. The highest BCUT2D eigenvalue weighted by Crippen LogP contribution is 2.17. The van der Waals surface area contributed by atoms with Gasteiger partial charge in [0.15, 0.2) is 0 Å². The van der Waals surface area contributed by atoms with Crippen LogP contribution in [0.1, 0.15) is 116 Å². The van der Waals surface area contributed by atoms with E-state index >= 15 is 0 Å². The first-order valence-electron chi connectivity index (χ1n) is 13.1. The highest BCUT2D eigenvalue weighted by Gasteiger charge is 2.17. The Bertz CT molecular complexity index is 723. The molecule has 0 unspecified atom stereocenters. The molecule has 0 atom stereocenters. The molecule has 0 aliphatic carbocycles.